The number of carbonyl (C=O) groups excluding carboxylic acids is 1. The molecule has 29 heavy (non-hydrogen) atoms. The molecule has 5 heterocycles. The van der Waals surface area contributed by atoms with Crippen molar-refractivity contribution in [1.29, 1.82) is 0 Å². The third-order valence-electron chi connectivity index (χ3n) is 4.52. The van der Waals surface area contributed by atoms with E-state index >= 15 is 0 Å². The van der Waals surface area contributed by atoms with E-state index in [2.05, 4.69) is 20.4 Å². The summed E-state index contributed by atoms with van der Waals surface area (Å²) < 4.78 is 1.76. The Morgan fingerprint density at radius 1 is 1.10 bits per heavy atom. The summed E-state index contributed by atoms with van der Waals surface area (Å²) in [4.78, 5) is 21.9. The van der Waals surface area contributed by atoms with Gasteiger partial charge < -0.3 is 5.32 Å². The quantitative estimate of drug-likeness (QED) is 0.457. The molecule has 0 saturated carbocycles. The van der Waals surface area contributed by atoms with E-state index in [9.17, 15) is 4.79 Å². The van der Waals surface area contributed by atoms with E-state index in [0.29, 0.717) is 11.4 Å². The second-order valence-corrected chi connectivity index (χ2v) is 8.12. The van der Waals surface area contributed by atoms with Gasteiger partial charge in [-0.05, 0) is 45.5 Å². The Morgan fingerprint density at radius 2 is 2.07 bits per heavy atom. The molecule has 8 heteroatoms. The van der Waals surface area contributed by atoms with Gasteiger partial charge in [0.2, 0.25) is 0 Å². The van der Waals surface area contributed by atoms with Crippen molar-refractivity contribution in [2.75, 3.05) is 0 Å². The Hall–Kier alpha value is -3.36. The van der Waals surface area contributed by atoms with Crippen LogP contribution in [0.1, 0.15) is 15.2 Å². The van der Waals surface area contributed by atoms with E-state index in [0.717, 1.165) is 33.5 Å². The number of hydrogen-bond donors (Lipinski definition) is 1. The summed E-state index contributed by atoms with van der Waals surface area (Å²) in [5.41, 5.74) is 5.62. The van der Waals surface area contributed by atoms with Crippen molar-refractivity contribution in [2.45, 2.75) is 6.54 Å². The monoisotopic (exact) mass is 417 g/mol. The molecule has 0 unspecified atom stereocenters. The topological polar surface area (TPSA) is 72.2 Å². The van der Waals surface area contributed by atoms with E-state index < -0.39 is 0 Å². The minimum absolute atomic E-state index is 0.0734. The summed E-state index contributed by atoms with van der Waals surface area (Å²) >= 11 is 3.04. The van der Waals surface area contributed by atoms with Gasteiger partial charge in [0.1, 0.15) is 0 Å². The van der Waals surface area contributed by atoms with Crippen LogP contribution in [0.25, 0.3) is 27.9 Å². The highest BCUT2D eigenvalue weighted by atomic mass is 32.1. The fraction of sp³-hybridized carbons (Fsp3) is 0.0476. The molecule has 0 aromatic carbocycles. The van der Waals surface area contributed by atoms with Crippen LogP contribution in [0.2, 0.25) is 0 Å². The molecule has 1 amide bonds. The summed E-state index contributed by atoms with van der Waals surface area (Å²) in [5.74, 6) is -0.0734. The molecule has 0 aliphatic rings. The molecule has 0 fully saturated rings. The molecule has 0 bridgehead atoms. The number of fused-ring (bicyclic) bond motifs is 1. The van der Waals surface area contributed by atoms with E-state index in [1.54, 1.807) is 34.4 Å². The van der Waals surface area contributed by atoms with E-state index in [1.807, 2.05) is 52.8 Å². The fourth-order valence-electron chi connectivity index (χ4n) is 3.02. The van der Waals surface area contributed by atoms with Crippen LogP contribution >= 0.6 is 22.7 Å². The summed E-state index contributed by atoms with van der Waals surface area (Å²) in [7, 11) is 0. The normalized spacial score (nSPS) is 11.0. The zero-order valence-corrected chi connectivity index (χ0v) is 16.8. The number of hydrogen-bond acceptors (Lipinski definition) is 6. The van der Waals surface area contributed by atoms with E-state index in [1.165, 1.54) is 11.3 Å². The Bertz CT molecular complexity index is 1280. The van der Waals surface area contributed by atoms with Gasteiger partial charge in [0.05, 0.1) is 11.1 Å². The van der Waals surface area contributed by atoms with Crippen LogP contribution in [0.5, 0.6) is 0 Å². The summed E-state index contributed by atoms with van der Waals surface area (Å²) in [6.45, 7) is 0.533. The van der Waals surface area contributed by atoms with Gasteiger partial charge in [0.15, 0.2) is 5.65 Å². The molecular formula is C21H15N5OS2. The smallest absolute Gasteiger partial charge is 0.261 e. The Kier molecular flexibility index (Phi) is 4.63. The highest BCUT2D eigenvalue weighted by Crippen LogP contribution is 2.29. The standard InChI is InChI=1S/C21H15N5OS2/c27-21(24-7-14-3-5-28-12-14)19-6-16(13-29-19)18-10-25-26-11-17(9-23-20(18)26)15-2-1-4-22-8-15/h1-6,8-13H,7H2,(H,24,27). The van der Waals surface area contributed by atoms with Crippen molar-refractivity contribution in [3.8, 4) is 22.3 Å². The first-order chi connectivity index (χ1) is 14.3. The van der Waals surface area contributed by atoms with Crippen molar-refractivity contribution in [3.63, 3.8) is 0 Å². The lowest BCUT2D eigenvalue weighted by Gasteiger charge is -2.02. The van der Waals surface area contributed by atoms with Crippen LogP contribution < -0.4 is 5.32 Å². The molecule has 5 aromatic rings. The lowest BCUT2D eigenvalue weighted by Crippen LogP contribution is -2.21. The lowest BCUT2D eigenvalue weighted by molar-refractivity contribution is 0.0955. The summed E-state index contributed by atoms with van der Waals surface area (Å²) in [6.07, 6.45) is 9.08. The maximum absolute atomic E-state index is 12.4. The van der Waals surface area contributed by atoms with Crippen molar-refractivity contribution < 1.29 is 4.79 Å². The molecular weight excluding hydrogens is 402 g/mol. The molecule has 0 aliphatic heterocycles. The highest BCUT2D eigenvalue weighted by Gasteiger charge is 2.14. The molecule has 0 radical (unpaired) electrons. The molecule has 5 rings (SSSR count). The van der Waals surface area contributed by atoms with E-state index in [-0.39, 0.29) is 5.91 Å². The molecule has 5 aromatic heterocycles. The molecule has 0 atom stereocenters. The first-order valence-corrected chi connectivity index (χ1v) is 10.7. The second kappa shape index (κ2) is 7.57. The van der Waals surface area contributed by atoms with Crippen LogP contribution in [-0.2, 0) is 6.54 Å². The predicted molar refractivity (Wildman–Crippen MR) is 115 cm³/mol. The number of carbonyl (C=O) groups is 1. The average molecular weight is 418 g/mol. The van der Waals surface area contributed by atoms with Crippen molar-refractivity contribution >= 4 is 34.2 Å². The third kappa shape index (κ3) is 3.55. The fourth-order valence-corrected chi connectivity index (χ4v) is 4.51. The number of aromatic nitrogens is 4. The van der Waals surface area contributed by atoms with Crippen LogP contribution in [0, 0.1) is 0 Å². The maximum Gasteiger partial charge on any atom is 0.261 e. The number of nitrogens with zero attached hydrogens (tertiary/aromatic N) is 4. The molecule has 1 N–H and O–H groups in total. The molecule has 0 spiro atoms. The van der Waals surface area contributed by atoms with E-state index in [4.69, 9.17) is 0 Å². The minimum Gasteiger partial charge on any atom is -0.347 e. The number of pyridine rings is 1. The average Bonchev–Trinajstić information content (AvgIpc) is 3.52. The van der Waals surface area contributed by atoms with Crippen molar-refractivity contribution in [1.82, 2.24) is 24.9 Å². The van der Waals surface area contributed by atoms with Crippen LogP contribution in [0.15, 0.2) is 71.4 Å². The van der Waals surface area contributed by atoms with Gasteiger partial charge >= 0.3 is 0 Å². The van der Waals surface area contributed by atoms with Gasteiger partial charge in [-0.1, -0.05) is 6.07 Å². The van der Waals surface area contributed by atoms with Gasteiger partial charge in [-0.15, -0.1) is 11.3 Å². The second-order valence-electron chi connectivity index (χ2n) is 6.42. The number of rotatable bonds is 5. The van der Waals surface area contributed by atoms with Crippen LogP contribution in [0.4, 0.5) is 0 Å². The number of amides is 1. The zero-order valence-electron chi connectivity index (χ0n) is 15.1. The van der Waals surface area contributed by atoms with Crippen molar-refractivity contribution in [3.05, 3.63) is 81.8 Å². The zero-order chi connectivity index (χ0) is 19.6. The third-order valence-corrected chi connectivity index (χ3v) is 6.18. The van der Waals surface area contributed by atoms with Gasteiger partial charge in [-0.25, -0.2) is 9.50 Å². The summed E-state index contributed by atoms with van der Waals surface area (Å²) in [5, 5.41) is 13.4. The van der Waals surface area contributed by atoms with Gasteiger partial charge in [-0.3, -0.25) is 9.78 Å². The van der Waals surface area contributed by atoms with Crippen molar-refractivity contribution in [2.24, 2.45) is 0 Å². The first-order valence-electron chi connectivity index (χ1n) is 8.90. The van der Waals surface area contributed by atoms with Gasteiger partial charge in [0, 0.05) is 48.0 Å². The van der Waals surface area contributed by atoms with Crippen LogP contribution in [0.3, 0.4) is 0 Å². The van der Waals surface area contributed by atoms with Gasteiger partial charge in [-0.2, -0.15) is 16.4 Å². The minimum atomic E-state index is -0.0734. The Morgan fingerprint density at radius 3 is 2.90 bits per heavy atom. The molecule has 0 saturated heterocycles. The van der Waals surface area contributed by atoms with Gasteiger partial charge in [0.25, 0.3) is 5.91 Å². The molecule has 0 aliphatic carbocycles. The Balaban J connectivity index is 1.39. The summed E-state index contributed by atoms with van der Waals surface area (Å²) in [6, 6.07) is 7.78. The largest absolute Gasteiger partial charge is 0.347 e. The molecule has 142 valence electrons. The highest BCUT2D eigenvalue weighted by molar-refractivity contribution is 7.12. The maximum atomic E-state index is 12.4. The number of thiophene rings is 2. The number of nitrogens with one attached hydrogen (secondary N) is 1. The SMILES string of the molecule is O=C(NCc1ccsc1)c1cc(-c2cnn3cc(-c4cccnc4)cnc23)cs1. The molecule has 6 nitrogen and oxygen atoms in total. The lowest BCUT2D eigenvalue weighted by atomic mass is 10.1. The first kappa shape index (κ1) is 17.7. The van der Waals surface area contributed by atoms with Crippen LogP contribution in [-0.4, -0.2) is 25.5 Å². The Labute approximate surface area is 174 Å². The predicted octanol–water partition coefficient (Wildman–Crippen LogP) is 4.51.